The highest BCUT2D eigenvalue weighted by Crippen LogP contribution is 2.38. The van der Waals surface area contributed by atoms with E-state index in [9.17, 15) is 4.39 Å². The topological polar surface area (TPSA) is 0 Å². The van der Waals surface area contributed by atoms with Gasteiger partial charge >= 0.3 is 0 Å². The second kappa shape index (κ2) is 10.1. The molecule has 0 heterocycles. The number of alkyl halides is 1. The van der Waals surface area contributed by atoms with Crippen molar-refractivity contribution in [3.63, 3.8) is 0 Å². The summed E-state index contributed by atoms with van der Waals surface area (Å²) >= 11 is 0. The average Bonchev–Trinajstić information content (AvgIpc) is 2.69. The Labute approximate surface area is 165 Å². The van der Waals surface area contributed by atoms with E-state index in [0.29, 0.717) is 6.42 Å². The van der Waals surface area contributed by atoms with Crippen molar-refractivity contribution in [2.75, 3.05) is 0 Å². The summed E-state index contributed by atoms with van der Waals surface area (Å²) in [5.74, 6) is 1.72. The van der Waals surface area contributed by atoms with Crippen LogP contribution in [0.2, 0.25) is 0 Å². The van der Waals surface area contributed by atoms with Gasteiger partial charge in [-0.15, -0.1) is 0 Å². The highest BCUT2D eigenvalue weighted by molar-refractivity contribution is 5.64. The first kappa shape index (κ1) is 20.1. The minimum atomic E-state index is -0.781. The van der Waals surface area contributed by atoms with Gasteiger partial charge in [0.1, 0.15) is 6.17 Å². The predicted octanol–water partition coefficient (Wildman–Crippen LogP) is 8.11. The SMILES string of the molecule is CCCCCC1CCC(c2ccc(-c3ccc(CC(C)F)cc3)cc2)CC1. The van der Waals surface area contributed by atoms with Crippen molar-refractivity contribution in [1.29, 1.82) is 0 Å². The Balaban J connectivity index is 1.55. The zero-order valence-electron chi connectivity index (χ0n) is 17.1. The van der Waals surface area contributed by atoms with Crippen molar-refractivity contribution in [2.45, 2.75) is 83.7 Å². The monoisotopic (exact) mass is 366 g/mol. The van der Waals surface area contributed by atoms with E-state index in [-0.39, 0.29) is 0 Å². The Kier molecular flexibility index (Phi) is 7.50. The fourth-order valence-corrected chi connectivity index (χ4v) is 4.57. The zero-order valence-corrected chi connectivity index (χ0v) is 17.1. The Bertz CT molecular complexity index is 660. The van der Waals surface area contributed by atoms with Crippen molar-refractivity contribution in [1.82, 2.24) is 0 Å². The van der Waals surface area contributed by atoms with Crippen molar-refractivity contribution >= 4 is 0 Å². The van der Waals surface area contributed by atoms with Gasteiger partial charge in [0.05, 0.1) is 0 Å². The molecular weight excluding hydrogens is 331 g/mol. The van der Waals surface area contributed by atoms with Crippen molar-refractivity contribution in [2.24, 2.45) is 5.92 Å². The molecule has 0 spiro atoms. The first-order valence-corrected chi connectivity index (χ1v) is 11.0. The van der Waals surface area contributed by atoms with Crippen LogP contribution in [0.15, 0.2) is 48.5 Å². The summed E-state index contributed by atoms with van der Waals surface area (Å²) in [6.45, 7) is 3.91. The van der Waals surface area contributed by atoms with Crippen LogP contribution in [0.5, 0.6) is 0 Å². The van der Waals surface area contributed by atoms with Gasteiger partial charge in [-0.1, -0.05) is 81.1 Å². The molecule has 0 N–H and O–H groups in total. The lowest BCUT2D eigenvalue weighted by molar-refractivity contribution is 0.303. The second-order valence-electron chi connectivity index (χ2n) is 8.52. The molecule has 1 fully saturated rings. The third-order valence-corrected chi connectivity index (χ3v) is 6.25. The van der Waals surface area contributed by atoms with Crippen LogP contribution in [0.3, 0.4) is 0 Å². The van der Waals surface area contributed by atoms with Gasteiger partial charge in [-0.05, 0) is 66.7 Å². The maximum Gasteiger partial charge on any atom is 0.101 e. The molecule has 1 heteroatoms. The molecule has 1 aliphatic carbocycles. The highest BCUT2D eigenvalue weighted by Gasteiger charge is 2.22. The van der Waals surface area contributed by atoms with E-state index in [2.05, 4.69) is 55.5 Å². The third kappa shape index (κ3) is 5.92. The number of rotatable bonds is 8. The number of hydrogen-bond acceptors (Lipinski definition) is 0. The van der Waals surface area contributed by atoms with Crippen LogP contribution in [-0.2, 0) is 6.42 Å². The van der Waals surface area contributed by atoms with Crippen LogP contribution in [0.1, 0.15) is 82.3 Å². The summed E-state index contributed by atoms with van der Waals surface area (Å²) in [5.41, 5.74) is 5.05. The van der Waals surface area contributed by atoms with E-state index in [1.165, 1.54) is 68.1 Å². The predicted molar refractivity (Wildman–Crippen MR) is 115 cm³/mol. The van der Waals surface area contributed by atoms with E-state index >= 15 is 0 Å². The van der Waals surface area contributed by atoms with Gasteiger partial charge in [-0.25, -0.2) is 4.39 Å². The Morgan fingerprint density at radius 1 is 0.852 bits per heavy atom. The van der Waals surface area contributed by atoms with E-state index in [1.807, 2.05) is 0 Å². The van der Waals surface area contributed by atoms with E-state index in [1.54, 1.807) is 6.92 Å². The molecule has 1 unspecified atom stereocenters. The second-order valence-corrected chi connectivity index (χ2v) is 8.52. The summed E-state index contributed by atoms with van der Waals surface area (Å²) in [4.78, 5) is 0. The van der Waals surface area contributed by atoms with Crippen LogP contribution in [0.4, 0.5) is 4.39 Å². The molecule has 1 saturated carbocycles. The number of benzene rings is 2. The first-order chi connectivity index (χ1) is 13.2. The maximum atomic E-state index is 13.1. The molecule has 1 aliphatic rings. The van der Waals surface area contributed by atoms with Gasteiger partial charge in [0.15, 0.2) is 0 Å². The molecule has 3 rings (SSSR count). The molecule has 1 atom stereocenters. The van der Waals surface area contributed by atoms with Crippen molar-refractivity contribution < 1.29 is 4.39 Å². The molecule has 0 nitrogen and oxygen atoms in total. The van der Waals surface area contributed by atoms with Crippen molar-refractivity contribution in [3.05, 3.63) is 59.7 Å². The largest absolute Gasteiger partial charge is 0.247 e. The smallest absolute Gasteiger partial charge is 0.101 e. The lowest BCUT2D eigenvalue weighted by Crippen LogP contribution is -2.13. The van der Waals surface area contributed by atoms with E-state index in [4.69, 9.17) is 0 Å². The zero-order chi connectivity index (χ0) is 19.1. The standard InChI is InChI=1S/C26H35F/c1-3-4-5-6-21-7-11-23(12-8-21)25-15-17-26(18-16-25)24-13-9-22(10-14-24)19-20(2)27/h9-10,13-18,20-21,23H,3-8,11-12,19H2,1-2H3. The summed E-state index contributed by atoms with van der Waals surface area (Å²) in [5, 5.41) is 0. The average molecular weight is 367 g/mol. The number of hydrogen-bond donors (Lipinski definition) is 0. The third-order valence-electron chi connectivity index (χ3n) is 6.25. The van der Waals surface area contributed by atoms with Crippen LogP contribution in [0, 0.1) is 5.92 Å². The van der Waals surface area contributed by atoms with Crippen LogP contribution in [-0.4, -0.2) is 6.17 Å². The molecule has 0 aromatic heterocycles. The lowest BCUT2D eigenvalue weighted by Gasteiger charge is -2.29. The molecule has 0 amide bonds. The summed E-state index contributed by atoms with van der Waals surface area (Å²) in [7, 11) is 0. The minimum Gasteiger partial charge on any atom is -0.247 e. The van der Waals surface area contributed by atoms with Gasteiger partial charge in [0, 0.05) is 6.42 Å². The van der Waals surface area contributed by atoms with Crippen molar-refractivity contribution in [3.8, 4) is 11.1 Å². The highest BCUT2D eigenvalue weighted by atomic mass is 19.1. The molecule has 2 aromatic carbocycles. The Hall–Kier alpha value is -1.63. The quantitative estimate of drug-likeness (QED) is 0.414. The Morgan fingerprint density at radius 2 is 1.44 bits per heavy atom. The van der Waals surface area contributed by atoms with Gasteiger partial charge in [-0.3, -0.25) is 0 Å². The molecule has 27 heavy (non-hydrogen) atoms. The van der Waals surface area contributed by atoms with Crippen LogP contribution < -0.4 is 0 Å². The van der Waals surface area contributed by atoms with E-state index < -0.39 is 6.17 Å². The molecule has 0 radical (unpaired) electrons. The molecule has 2 aromatic rings. The van der Waals surface area contributed by atoms with Gasteiger partial charge in [0.2, 0.25) is 0 Å². The van der Waals surface area contributed by atoms with Gasteiger partial charge < -0.3 is 0 Å². The maximum absolute atomic E-state index is 13.1. The first-order valence-electron chi connectivity index (χ1n) is 11.0. The number of unbranched alkanes of at least 4 members (excludes halogenated alkanes) is 2. The van der Waals surface area contributed by atoms with Gasteiger partial charge in [0.25, 0.3) is 0 Å². The summed E-state index contributed by atoms with van der Waals surface area (Å²) in [6.07, 6.45) is 10.8. The summed E-state index contributed by atoms with van der Waals surface area (Å²) < 4.78 is 13.1. The van der Waals surface area contributed by atoms with Crippen LogP contribution in [0.25, 0.3) is 11.1 Å². The molecule has 146 valence electrons. The number of halogens is 1. The summed E-state index contributed by atoms with van der Waals surface area (Å²) in [6, 6.07) is 17.5. The molecule has 0 aliphatic heterocycles. The lowest BCUT2D eigenvalue weighted by atomic mass is 9.77. The fourth-order valence-electron chi connectivity index (χ4n) is 4.57. The van der Waals surface area contributed by atoms with E-state index in [0.717, 1.165) is 17.4 Å². The molecular formula is C26H35F. The van der Waals surface area contributed by atoms with Crippen LogP contribution >= 0.6 is 0 Å². The van der Waals surface area contributed by atoms with Gasteiger partial charge in [-0.2, -0.15) is 0 Å². The molecule has 0 saturated heterocycles. The minimum absolute atomic E-state index is 0.500. The Morgan fingerprint density at radius 3 is 2.00 bits per heavy atom. The molecule has 0 bridgehead atoms. The fraction of sp³-hybridized carbons (Fsp3) is 0.538. The normalized spacial score (nSPS) is 21.1.